The molecule has 0 atom stereocenters. The molecule has 1 fully saturated rings. The number of nitrogens with one attached hydrogen (secondary N) is 3. The average molecular weight is 544 g/mol. The minimum atomic E-state index is -4.54. The Morgan fingerprint density at radius 2 is 1.67 bits per heavy atom. The van der Waals surface area contributed by atoms with Crippen LogP contribution < -0.4 is 20.7 Å². The molecular formula is C27H32F3N7O2. The number of nitrogens with zero attached hydrogens (tertiary/aromatic N) is 4. The van der Waals surface area contributed by atoms with Crippen LogP contribution in [0.5, 0.6) is 11.6 Å². The number of carbonyl (C=O) groups excluding carboxylic acids is 1. The lowest BCUT2D eigenvalue weighted by molar-refractivity contribution is -0.138. The molecule has 2 heterocycles. The molecule has 1 aliphatic rings. The maximum absolute atomic E-state index is 13.9. The summed E-state index contributed by atoms with van der Waals surface area (Å²) in [5, 5.41) is 7.93. The fraction of sp³-hybridized carbons (Fsp3) is 0.370. The molecule has 1 aliphatic heterocycles. The lowest BCUT2D eigenvalue weighted by Crippen LogP contribution is -2.48. The molecule has 1 saturated heterocycles. The number of amides is 2. The molecule has 208 valence electrons. The van der Waals surface area contributed by atoms with E-state index in [-0.39, 0.29) is 17.8 Å². The molecule has 12 heteroatoms. The first-order valence-electron chi connectivity index (χ1n) is 12.6. The number of rotatable bonds is 8. The van der Waals surface area contributed by atoms with E-state index in [1.165, 1.54) is 12.1 Å². The standard InChI is InChI=1S/C27H32F3N7O2/c1-18(2)37-14-12-36(13-15-37)17-19-4-5-21(16-23(19)27(28,29)30)34-26(38)33-20-6-8-22(9-7-20)39-24-10-11-32-25(31-3)35-24/h4-11,16,18H,12-15,17H2,1-3H3,(H,31,32,35)(H2,33,34,38). The Hall–Kier alpha value is -3.90. The maximum atomic E-state index is 13.9. The molecule has 1 aromatic heterocycles. The smallest absolute Gasteiger partial charge is 0.416 e. The third-order valence-corrected chi connectivity index (χ3v) is 6.39. The molecule has 0 aliphatic carbocycles. The van der Waals surface area contributed by atoms with Gasteiger partial charge in [0.25, 0.3) is 0 Å². The van der Waals surface area contributed by atoms with Crippen LogP contribution >= 0.6 is 0 Å². The van der Waals surface area contributed by atoms with E-state index in [2.05, 4.69) is 44.7 Å². The van der Waals surface area contributed by atoms with Gasteiger partial charge in [0.1, 0.15) is 5.75 Å². The number of piperazine rings is 1. The zero-order chi connectivity index (χ0) is 28.0. The second kappa shape index (κ2) is 12.3. The van der Waals surface area contributed by atoms with Crippen LogP contribution in [-0.2, 0) is 12.7 Å². The number of hydrogen-bond acceptors (Lipinski definition) is 7. The Bertz CT molecular complexity index is 1260. The van der Waals surface area contributed by atoms with Crippen LogP contribution in [0.15, 0.2) is 54.7 Å². The molecular weight excluding hydrogens is 511 g/mol. The number of benzene rings is 2. The number of alkyl halides is 3. The summed E-state index contributed by atoms with van der Waals surface area (Å²) in [4.78, 5) is 25.0. The third-order valence-electron chi connectivity index (χ3n) is 6.39. The van der Waals surface area contributed by atoms with Crippen LogP contribution in [-0.4, -0.2) is 65.1 Å². The normalized spacial score (nSPS) is 14.7. The van der Waals surface area contributed by atoms with Crippen molar-refractivity contribution in [2.24, 2.45) is 0 Å². The van der Waals surface area contributed by atoms with Gasteiger partial charge in [-0.15, -0.1) is 0 Å². The van der Waals surface area contributed by atoms with E-state index >= 15 is 0 Å². The number of halogens is 3. The number of aromatic nitrogens is 2. The summed E-state index contributed by atoms with van der Waals surface area (Å²) in [5.41, 5.74) is -0.0734. The molecule has 0 spiro atoms. The van der Waals surface area contributed by atoms with Gasteiger partial charge in [-0.05, 0) is 55.8 Å². The van der Waals surface area contributed by atoms with Crippen molar-refractivity contribution in [2.75, 3.05) is 49.2 Å². The molecule has 3 N–H and O–H groups in total. The highest BCUT2D eigenvalue weighted by Gasteiger charge is 2.34. The van der Waals surface area contributed by atoms with Crippen LogP contribution in [0, 0.1) is 0 Å². The number of anilines is 3. The molecule has 4 rings (SSSR count). The van der Waals surface area contributed by atoms with Crippen molar-refractivity contribution in [1.82, 2.24) is 19.8 Å². The van der Waals surface area contributed by atoms with E-state index in [1.54, 1.807) is 43.6 Å². The highest BCUT2D eigenvalue weighted by atomic mass is 19.4. The van der Waals surface area contributed by atoms with Crippen LogP contribution in [0.4, 0.5) is 35.3 Å². The summed E-state index contributed by atoms with van der Waals surface area (Å²) >= 11 is 0. The van der Waals surface area contributed by atoms with Gasteiger partial charge in [-0.3, -0.25) is 9.80 Å². The highest BCUT2D eigenvalue weighted by Crippen LogP contribution is 2.35. The molecule has 0 bridgehead atoms. The van der Waals surface area contributed by atoms with Gasteiger partial charge in [0, 0.05) is 69.5 Å². The van der Waals surface area contributed by atoms with Crippen LogP contribution in [0.25, 0.3) is 0 Å². The van der Waals surface area contributed by atoms with Gasteiger partial charge in [-0.1, -0.05) is 6.07 Å². The summed E-state index contributed by atoms with van der Waals surface area (Å²) in [5.74, 6) is 1.24. The summed E-state index contributed by atoms with van der Waals surface area (Å²) in [6.07, 6.45) is -2.99. The van der Waals surface area contributed by atoms with Crippen molar-refractivity contribution in [3.8, 4) is 11.6 Å². The molecule has 3 aromatic rings. The molecule has 2 aromatic carbocycles. The van der Waals surface area contributed by atoms with Crippen molar-refractivity contribution in [1.29, 1.82) is 0 Å². The molecule has 0 saturated carbocycles. The predicted octanol–water partition coefficient (Wildman–Crippen LogP) is 5.50. The number of ether oxygens (including phenoxy) is 1. The first-order valence-corrected chi connectivity index (χ1v) is 12.6. The van der Waals surface area contributed by atoms with Crippen molar-refractivity contribution >= 4 is 23.4 Å². The lowest BCUT2D eigenvalue weighted by Gasteiger charge is -2.37. The van der Waals surface area contributed by atoms with Crippen molar-refractivity contribution in [2.45, 2.75) is 32.6 Å². The maximum Gasteiger partial charge on any atom is 0.416 e. The molecule has 0 radical (unpaired) electrons. The lowest BCUT2D eigenvalue weighted by atomic mass is 10.0. The zero-order valence-electron chi connectivity index (χ0n) is 22.0. The Morgan fingerprint density at radius 3 is 2.31 bits per heavy atom. The van der Waals surface area contributed by atoms with Crippen molar-refractivity contribution in [3.05, 3.63) is 65.9 Å². The Morgan fingerprint density at radius 1 is 1.00 bits per heavy atom. The summed E-state index contributed by atoms with van der Waals surface area (Å²) in [6.45, 7) is 7.49. The summed E-state index contributed by atoms with van der Waals surface area (Å²) in [7, 11) is 1.69. The van der Waals surface area contributed by atoms with Crippen molar-refractivity contribution in [3.63, 3.8) is 0 Å². The fourth-order valence-corrected chi connectivity index (χ4v) is 4.27. The molecule has 0 unspecified atom stereocenters. The van der Waals surface area contributed by atoms with Crippen LogP contribution in [0.3, 0.4) is 0 Å². The topological polar surface area (TPSA) is 94.6 Å². The quantitative estimate of drug-likeness (QED) is 0.345. The minimum Gasteiger partial charge on any atom is -0.439 e. The molecule has 2 amide bonds. The van der Waals surface area contributed by atoms with Gasteiger partial charge < -0.3 is 20.7 Å². The Balaban J connectivity index is 1.36. The zero-order valence-corrected chi connectivity index (χ0v) is 22.0. The largest absolute Gasteiger partial charge is 0.439 e. The third kappa shape index (κ3) is 7.80. The summed E-state index contributed by atoms with van der Waals surface area (Å²) < 4.78 is 47.3. The second-order valence-electron chi connectivity index (χ2n) is 9.45. The number of hydrogen-bond donors (Lipinski definition) is 3. The fourth-order valence-electron chi connectivity index (χ4n) is 4.27. The first kappa shape index (κ1) is 28.1. The number of carbonyl (C=O) groups is 1. The SMILES string of the molecule is CNc1nccc(Oc2ccc(NC(=O)Nc3ccc(CN4CCN(C(C)C)CC4)c(C(F)(F)F)c3)cc2)n1. The van der Waals surface area contributed by atoms with E-state index in [0.29, 0.717) is 42.4 Å². The van der Waals surface area contributed by atoms with Crippen LogP contribution in [0.1, 0.15) is 25.0 Å². The molecule has 9 nitrogen and oxygen atoms in total. The van der Waals surface area contributed by atoms with E-state index in [0.717, 1.165) is 19.2 Å². The van der Waals surface area contributed by atoms with Gasteiger partial charge in [-0.25, -0.2) is 9.78 Å². The van der Waals surface area contributed by atoms with Gasteiger partial charge in [0.2, 0.25) is 11.8 Å². The van der Waals surface area contributed by atoms with Gasteiger partial charge >= 0.3 is 12.2 Å². The van der Waals surface area contributed by atoms with Gasteiger partial charge in [-0.2, -0.15) is 18.2 Å². The van der Waals surface area contributed by atoms with Crippen molar-refractivity contribution < 1.29 is 22.7 Å². The average Bonchev–Trinajstić information content (AvgIpc) is 2.90. The van der Waals surface area contributed by atoms with E-state index in [9.17, 15) is 18.0 Å². The monoisotopic (exact) mass is 543 g/mol. The van der Waals surface area contributed by atoms with E-state index in [1.807, 2.05) is 4.90 Å². The van der Waals surface area contributed by atoms with Gasteiger partial charge in [0.05, 0.1) is 5.56 Å². The second-order valence-corrected chi connectivity index (χ2v) is 9.45. The molecule has 39 heavy (non-hydrogen) atoms. The minimum absolute atomic E-state index is 0.0530. The number of urea groups is 1. The van der Waals surface area contributed by atoms with E-state index in [4.69, 9.17) is 4.74 Å². The van der Waals surface area contributed by atoms with Gasteiger partial charge in [0.15, 0.2) is 0 Å². The van der Waals surface area contributed by atoms with E-state index < -0.39 is 17.8 Å². The highest BCUT2D eigenvalue weighted by molar-refractivity contribution is 5.99. The Kier molecular flexibility index (Phi) is 8.87. The Labute approximate surface area is 225 Å². The van der Waals surface area contributed by atoms with Crippen LogP contribution in [0.2, 0.25) is 0 Å². The predicted molar refractivity (Wildman–Crippen MR) is 144 cm³/mol. The summed E-state index contributed by atoms with van der Waals surface area (Å²) in [6, 6.07) is 11.8. The first-order chi connectivity index (χ1) is 18.6.